The van der Waals surface area contributed by atoms with Crippen molar-refractivity contribution in [2.45, 2.75) is 0 Å². The largest absolute Gasteiger partial charge is 0.318 e. The molecule has 0 radical (unpaired) electrons. The molecule has 0 aliphatic carbocycles. The Bertz CT molecular complexity index is 2580. The Kier molecular flexibility index (Phi) is 7.63. The van der Waals surface area contributed by atoms with E-state index in [0.717, 1.165) is 32.9 Å². The standard InChI is InChI=1S/C45H28N4Si/c1-48-42-26-25-38(41(31-47)45(42)49-43-23-12-11-22-39(43)40-28-32(30-46)24-27-44(40)49)33-14-13-21-37(29-33)50(34-15-5-2-6-16-34,35-17-7-3-8-18-35)36-19-9-4-10-20-36/h2-29H. The van der Waals surface area contributed by atoms with Crippen LogP contribution in [0.25, 0.3) is 43.5 Å². The monoisotopic (exact) mass is 652 g/mol. The molecular formula is C45H28N4Si. The van der Waals surface area contributed by atoms with Crippen LogP contribution in [0.1, 0.15) is 11.1 Å². The van der Waals surface area contributed by atoms with Crippen molar-refractivity contribution >= 4 is 56.3 Å². The second kappa shape index (κ2) is 12.6. The number of rotatable bonds is 6. The highest BCUT2D eigenvalue weighted by Gasteiger charge is 2.41. The zero-order valence-electron chi connectivity index (χ0n) is 27.0. The van der Waals surface area contributed by atoms with E-state index in [-0.39, 0.29) is 0 Å². The Labute approximate surface area is 291 Å². The number of para-hydroxylation sites is 1. The van der Waals surface area contributed by atoms with Crippen LogP contribution in [0, 0.1) is 29.2 Å². The fraction of sp³-hybridized carbons (Fsp3) is 0. The van der Waals surface area contributed by atoms with Crippen molar-refractivity contribution in [2.24, 2.45) is 0 Å². The molecule has 1 heterocycles. The smallest absolute Gasteiger partial charge is 0.211 e. The van der Waals surface area contributed by atoms with Gasteiger partial charge in [-0.3, -0.25) is 0 Å². The van der Waals surface area contributed by atoms with Gasteiger partial charge in [0.05, 0.1) is 40.5 Å². The average Bonchev–Trinajstić information content (AvgIpc) is 3.52. The van der Waals surface area contributed by atoms with Crippen molar-refractivity contribution in [3.05, 3.63) is 192 Å². The molecule has 0 aliphatic rings. The minimum atomic E-state index is -2.82. The first-order chi connectivity index (χ1) is 24.7. The van der Waals surface area contributed by atoms with Crippen molar-refractivity contribution in [2.75, 3.05) is 0 Å². The quantitative estimate of drug-likeness (QED) is 0.104. The third-order valence-electron chi connectivity index (χ3n) is 9.64. The van der Waals surface area contributed by atoms with Crippen molar-refractivity contribution < 1.29 is 0 Å². The highest BCUT2D eigenvalue weighted by Crippen LogP contribution is 2.40. The molecule has 1 aromatic heterocycles. The second-order valence-corrected chi connectivity index (χ2v) is 16.0. The summed E-state index contributed by atoms with van der Waals surface area (Å²) in [5, 5.41) is 27.5. The molecular weight excluding hydrogens is 625 g/mol. The number of benzene rings is 7. The first-order valence-corrected chi connectivity index (χ1v) is 18.3. The maximum Gasteiger partial charge on any atom is 0.211 e. The summed E-state index contributed by atoms with van der Waals surface area (Å²) in [5.74, 6) is 0. The lowest BCUT2D eigenvalue weighted by Gasteiger charge is -2.34. The van der Waals surface area contributed by atoms with Gasteiger partial charge < -0.3 is 4.57 Å². The van der Waals surface area contributed by atoms with E-state index in [2.05, 4.69) is 132 Å². The van der Waals surface area contributed by atoms with Gasteiger partial charge in [0, 0.05) is 10.8 Å². The maximum absolute atomic E-state index is 11.0. The zero-order valence-corrected chi connectivity index (χ0v) is 28.0. The zero-order chi connectivity index (χ0) is 34.1. The Morgan fingerprint density at radius 1 is 0.520 bits per heavy atom. The van der Waals surface area contributed by atoms with Crippen LogP contribution >= 0.6 is 0 Å². The summed E-state index contributed by atoms with van der Waals surface area (Å²) >= 11 is 0. The molecule has 0 bridgehead atoms. The highest BCUT2D eigenvalue weighted by atomic mass is 28.3. The van der Waals surface area contributed by atoms with Crippen molar-refractivity contribution in [3.63, 3.8) is 0 Å². The van der Waals surface area contributed by atoms with Crippen molar-refractivity contribution in [1.82, 2.24) is 4.57 Å². The number of hydrogen-bond acceptors (Lipinski definition) is 2. The molecule has 8 aromatic rings. The van der Waals surface area contributed by atoms with Crippen LogP contribution in [-0.2, 0) is 0 Å². The SMILES string of the molecule is [C-]#[N+]c1ccc(-c2cccc([Si](c3ccccc3)(c3ccccc3)c3ccccc3)c2)c(C#N)c1-n1c2ccccc2c2cc(C#N)ccc21. The summed E-state index contributed by atoms with van der Waals surface area (Å²) in [6.45, 7) is 8.18. The molecule has 50 heavy (non-hydrogen) atoms. The van der Waals surface area contributed by atoms with Gasteiger partial charge in [-0.15, -0.1) is 0 Å². The molecule has 0 unspecified atom stereocenters. The molecule has 0 amide bonds. The first-order valence-electron chi connectivity index (χ1n) is 16.3. The average molecular weight is 653 g/mol. The molecule has 0 atom stereocenters. The van der Waals surface area contributed by atoms with Crippen LogP contribution < -0.4 is 20.7 Å². The Hall–Kier alpha value is -6.97. The van der Waals surface area contributed by atoms with Crippen LogP contribution in [0.3, 0.4) is 0 Å². The molecule has 0 aliphatic heterocycles. The fourth-order valence-electron chi connectivity index (χ4n) is 7.52. The molecule has 0 saturated heterocycles. The Balaban J connectivity index is 1.43. The molecule has 4 nitrogen and oxygen atoms in total. The van der Waals surface area contributed by atoms with Gasteiger partial charge in [0.2, 0.25) is 5.69 Å². The van der Waals surface area contributed by atoms with Crippen LogP contribution in [0.2, 0.25) is 0 Å². The maximum atomic E-state index is 11.0. The fourth-order valence-corrected chi connectivity index (χ4v) is 12.3. The van der Waals surface area contributed by atoms with Gasteiger partial charge in [-0.2, -0.15) is 10.5 Å². The molecule has 0 saturated carbocycles. The van der Waals surface area contributed by atoms with Gasteiger partial charge in [-0.25, -0.2) is 4.85 Å². The van der Waals surface area contributed by atoms with Gasteiger partial charge in [0.15, 0.2) is 8.07 Å². The molecule has 5 heteroatoms. The van der Waals surface area contributed by atoms with Crippen molar-refractivity contribution in [1.29, 1.82) is 10.5 Å². The molecule has 232 valence electrons. The lowest BCUT2D eigenvalue weighted by Crippen LogP contribution is -2.74. The van der Waals surface area contributed by atoms with E-state index in [1.165, 1.54) is 20.7 Å². The third kappa shape index (κ3) is 4.72. The molecule has 0 N–H and O–H groups in total. The van der Waals surface area contributed by atoms with Gasteiger partial charge >= 0.3 is 0 Å². The number of hydrogen-bond donors (Lipinski definition) is 0. The number of nitriles is 2. The molecule has 7 aromatic carbocycles. The predicted octanol–water partition coefficient (Wildman–Crippen LogP) is 8.12. The van der Waals surface area contributed by atoms with Crippen LogP contribution in [0.5, 0.6) is 0 Å². The first kappa shape index (κ1) is 30.4. The van der Waals surface area contributed by atoms with E-state index in [9.17, 15) is 10.5 Å². The summed E-state index contributed by atoms with van der Waals surface area (Å²) in [6.07, 6.45) is 0. The molecule has 0 spiro atoms. The minimum absolute atomic E-state index is 0.384. The van der Waals surface area contributed by atoms with Gasteiger partial charge in [0.1, 0.15) is 6.07 Å². The summed E-state index contributed by atoms with van der Waals surface area (Å²) in [7, 11) is -2.82. The minimum Gasteiger partial charge on any atom is -0.318 e. The van der Waals surface area contributed by atoms with E-state index in [1.807, 2.05) is 53.1 Å². The number of aromatic nitrogens is 1. The van der Waals surface area contributed by atoms with E-state index >= 15 is 0 Å². The van der Waals surface area contributed by atoms with Crippen LogP contribution in [0.15, 0.2) is 170 Å². The number of nitrogens with zero attached hydrogens (tertiary/aromatic N) is 4. The molecule has 8 rings (SSSR count). The lowest BCUT2D eigenvalue weighted by atomic mass is 9.97. The second-order valence-electron chi connectivity index (χ2n) is 12.2. The summed E-state index contributed by atoms with van der Waals surface area (Å²) < 4.78 is 2.02. The summed E-state index contributed by atoms with van der Waals surface area (Å²) in [6, 6.07) is 63.0. The summed E-state index contributed by atoms with van der Waals surface area (Å²) in [5.41, 5.74) is 5.27. The van der Waals surface area contributed by atoms with E-state index in [0.29, 0.717) is 22.5 Å². The predicted molar refractivity (Wildman–Crippen MR) is 206 cm³/mol. The van der Waals surface area contributed by atoms with E-state index in [4.69, 9.17) is 6.57 Å². The number of fused-ring (bicyclic) bond motifs is 3. The molecule has 0 fully saturated rings. The Morgan fingerprint density at radius 2 is 1.10 bits per heavy atom. The van der Waals surface area contributed by atoms with E-state index < -0.39 is 8.07 Å². The van der Waals surface area contributed by atoms with Gasteiger partial charge in [-0.1, -0.05) is 146 Å². The lowest BCUT2D eigenvalue weighted by molar-refractivity contribution is 1.17. The normalized spacial score (nSPS) is 11.1. The Morgan fingerprint density at radius 3 is 1.70 bits per heavy atom. The topological polar surface area (TPSA) is 56.9 Å². The van der Waals surface area contributed by atoms with Crippen LogP contribution in [0.4, 0.5) is 5.69 Å². The highest BCUT2D eigenvalue weighted by molar-refractivity contribution is 7.19. The van der Waals surface area contributed by atoms with E-state index in [1.54, 1.807) is 6.07 Å². The van der Waals surface area contributed by atoms with Gasteiger partial charge in [0.25, 0.3) is 0 Å². The van der Waals surface area contributed by atoms with Crippen molar-refractivity contribution in [3.8, 4) is 29.0 Å². The third-order valence-corrected chi connectivity index (χ3v) is 14.4. The van der Waals surface area contributed by atoms with Crippen LogP contribution in [-0.4, -0.2) is 12.6 Å². The van der Waals surface area contributed by atoms with Gasteiger partial charge in [-0.05, 0) is 56.1 Å². The summed E-state index contributed by atoms with van der Waals surface area (Å²) in [4.78, 5) is 3.93.